The van der Waals surface area contributed by atoms with Crippen LogP contribution < -0.4 is 21.3 Å². The summed E-state index contributed by atoms with van der Waals surface area (Å²) in [7, 11) is 1.53. The zero-order chi connectivity index (χ0) is 15.2. The van der Waals surface area contributed by atoms with E-state index in [2.05, 4.69) is 10.6 Å². The Kier molecular flexibility index (Phi) is 5.13. The van der Waals surface area contributed by atoms with Crippen molar-refractivity contribution in [2.75, 3.05) is 37.0 Å². The summed E-state index contributed by atoms with van der Waals surface area (Å²) in [5, 5.41) is 5.52. The second kappa shape index (κ2) is 7.05. The maximum Gasteiger partial charge on any atom is 0.321 e. The van der Waals surface area contributed by atoms with Crippen molar-refractivity contribution in [1.82, 2.24) is 5.32 Å². The predicted molar refractivity (Wildman–Crippen MR) is 80.3 cm³/mol. The molecule has 1 heterocycles. The lowest BCUT2D eigenvalue weighted by Gasteiger charge is -2.15. The second-order valence-electron chi connectivity index (χ2n) is 4.78. The van der Waals surface area contributed by atoms with Crippen LogP contribution in [0.3, 0.4) is 0 Å². The number of carbonyl (C=O) groups excluding carboxylic acids is 2. The Balaban J connectivity index is 1.93. The smallest absolute Gasteiger partial charge is 0.321 e. The molecule has 7 heteroatoms. The fourth-order valence-electron chi connectivity index (χ4n) is 2.12. The standard InChI is InChI=1S/C14H20N4O3/c1-21-12(9-15)8-13(19)17-10-2-4-11(5-3-10)18-7-6-16-14(18)20/h2-5,12H,6-9,15H2,1H3,(H,16,20)(H,17,19). The molecule has 0 spiro atoms. The lowest BCUT2D eigenvalue weighted by Crippen LogP contribution is -2.28. The van der Waals surface area contributed by atoms with Gasteiger partial charge in [-0.1, -0.05) is 0 Å². The number of nitrogens with zero attached hydrogens (tertiary/aromatic N) is 1. The van der Waals surface area contributed by atoms with Crippen molar-refractivity contribution >= 4 is 23.3 Å². The number of hydrogen-bond acceptors (Lipinski definition) is 4. The fraction of sp³-hybridized carbons (Fsp3) is 0.429. The number of carbonyl (C=O) groups is 2. The van der Waals surface area contributed by atoms with Crippen LogP contribution in [0.15, 0.2) is 24.3 Å². The molecule has 1 aromatic carbocycles. The molecule has 1 atom stereocenters. The van der Waals surface area contributed by atoms with E-state index >= 15 is 0 Å². The van der Waals surface area contributed by atoms with E-state index in [9.17, 15) is 9.59 Å². The lowest BCUT2D eigenvalue weighted by molar-refractivity contribution is -0.118. The fourth-order valence-corrected chi connectivity index (χ4v) is 2.12. The van der Waals surface area contributed by atoms with Crippen molar-refractivity contribution in [2.45, 2.75) is 12.5 Å². The molecule has 2 rings (SSSR count). The Morgan fingerprint density at radius 1 is 1.48 bits per heavy atom. The molecule has 0 aromatic heterocycles. The molecule has 7 nitrogen and oxygen atoms in total. The summed E-state index contributed by atoms with van der Waals surface area (Å²) in [6, 6.07) is 7.04. The van der Waals surface area contributed by atoms with Gasteiger partial charge in [0.2, 0.25) is 5.91 Å². The van der Waals surface area contributed by atoms with Crippen LogP contribution in [-0.2, 0) is 9.53 Å². The third kappa shape index (κ3) is 3.93. The number of benzene rings is 1. The summed E-state index contributed by atoms with van der Waals surface area (Å²) in [6.45, 7) is 1.60. The van der Waals surface area contributed by atoms with Crippen molar-refractivity contribution in [3.63, 3.8) is 0 Å². The highest BCUT2D eigenvalue weighted by Crippen LogP contribution is 2.19. The second-order valence-corrected chi connectivity index (χ2v) is 4.78. The van der Waals surface area contributed by atoms with E-state index in [0.717, 1.165) is 5.69 Å². The minimum absolute atomic E-state index is 0.0994. The van der Waals surface area contributed by atoms with Gasteiger partial charge in [0.1, 0.15) is 0 Å². The van der Waals surface area contributed by atoms with Gasteiger partial charge >= 0.3 is 6.03 Å². The molecule has 0 saturated carbocycles. The Labute approximate surface area is 123 Å². The molecular formula is C14H20N4O3. The highest BCUT2D eigenvalue weighted by atomic mass is 16.5. The Bertz CT molecular complexity index is 499. The average molecular weight is 292 g/mol. The number of rotatable bonds is 6. The van der Waals surface area contributed by atoms with Gasteiger partial charge in [-0.15, -0.1) is 0 Å². The normalized spacial score (nSPS) is 15.7. The van der Waals surface area contributed by atoms with Crippen molar-refractivity contribution in [1.29, 1.82) is 0 Å². The van der Waals surface area contributed by atoms with Crippen LogP contribution in [0.2, 0.25) is 0 Å². The van der Waals surface area contributed by atoms with Crippen molar-refractivity contribution < 1.29 is 14.3 Å². The topological polar surface area (TPSA) is 96.7 Å². The molecule has 1 aromatic rings. The molecule has 1 aliphatic rings. The van der Waals surface area contributed by atoms with Crippen LogP contribution in [0, 0.1) is 0 Å². The molecule has 4 N–H and O–H groups in total. The highest BCUT2D eigenvalue weighted by molar-refractivity contribution is 5.95. The minimum atomic E-state index is -0.280. The maximum atomic E-state index is 11.8. The van der Waals surface area contributed by atoms with E-state index in [1.54, 1.807) is 29.2 Å². The zero-order valence-corrected chi connectivity index (χ0v) is 12.0. The lowest BCUT2D eigenvalue weighted by atomic mass is 10.2. The number of nitrogens with one attached hydrogen (secondary N) is 2. The van der Waals surface area contributed by atoms with E-state index in [-0.39, 0.29) is 24.5 Å². The molecule has 1 unspecified atom stereocenters. The molecule has 1 aliphatic heterocycles. The SMILES string of the molecule is COC(CN)CC(=O)Nc1ccc(N2CCNC2=O)cc1. The molecule has 1 fully saturated rings. The number of anilines is 2. The van der Waals surface area contributed by atoms with Gasteiger partial charge in [-0.05, 0) is 24.3 Å². The summed E-state index contributed by atoms with van der Waals surface area (Å²) < 4.78 is 5.07. The van der Waals surface area contributed by atoms with E-state index in [0.29, 0.717) is 25.3 Å². The first-order valence-electron chi connectivity index (χ1n) is 6.82. The van der Waals surface area contributed by atoms with Crippen LogP contribution in [0.4, 0.5) is 16.2 Å². The van der Waals surface area contributed by atoms with E-state index < -0.39 is 0 Å². The Morgan fingerprint density at radius 3 is 2.71 bits per heavy atom. The quantitative estimate of drug-likeness (QED) is 0.712. The van der Waals surface area contributed by atoms with E-state index in [4.69, 9.17) is 10.5 Å². The van der Waals surface area contributed by atoms with Crippen LogP contribution >= 0.6 is 0 Å². The Hall–Kier alpha value is -2.12. The van der Waals surface area contributed by atoms with Crippen LogP contribution in [0.5, 0.6) is 0 Å². The number of urea groups is 1. The Morgan fingerprint density at radius 2 is 2.19 bits per heavy atom. The van der Waals surface area contributed by atoms with Crippen molar-refractivity contribution in [2.24, 2.45) is 5.73 Å². The van der Waals surface area contributed by atoms with Gasteiger partial charge < -0.3 is 21.1 Å². The third-order valence-corrected chi connectivity index (χ3v) is 3.33. The largest absolute Gasteiger partial charge is 0.380 e. The monoisotopic (exact) mass is 292 g/mol. The highest BCUT2D eigenvalue weighted by Gasteiger charge is 2.20. The first-order chi connectivity index (χ1) is 10.1. The summed E-state index contributed by atoms with van der Waals surface area (Å²) in [6.07, 6.45) is -0.0684. The van der Waals surface area contributed by atoms with Gasteiger partial charge in [0.05, 0.1) is 12.5 Å². The van der Waals surface area contributed by atoms with Gasteiger partial charge in [0.25, 0.3) is 0 Å². The first kappa shape index (κ1) is 15.3. The zero-order valence-electron chi connectivity index (χ0n) is 12.0. The molecule has 0 radical (unpaired) electrons. The minimum Gasteiger partial charge on any atom is -0.380 e. The summed E-state index contributed by atoms with van der Waals surface area (Å²) in [4.78, 5) is 25.0. The van der Waals surface area contributed by atoms with Crippen LogP contribution in [0.1, 0.15) is 6.42 Å². The number of hydrogen-bond donors (Lipinski definition) is 3. The molecule has 0 bridgehead atoms. The molecule has 3 amide bonds. The molecule has 0 aliphatic carbocycles. The number of amides is 3. The summed E-state index contributed by atoms with van der Waals surface area (Å²) >= 11 is 0. The van der Waals surface area contributed by atoms with Crippen molar-refractivity contribution in [3.05, 3.63) is 24.3 Å². The third-order valence-electron chi connectivity index (χ3n) is 3.33. The van der Waals surface area contributed by atoms with E-state index in [1.807, 2.05) is 0 Å². The van der Waals surface area contributed by atoms with Crippen LogP contribution in [-0.4, -0.2) is 44.8 Å². The summed E-state index contributed by atoms with van der Waals surface area (Å²) in [5.74, 6) is -0.154. The predicted octanol–water partition coefficient (Wildman–Crippen LogP) is 0.518. The van der Waals surface area contributed by atoms with Crippen LogP contribution in [0.25, 0.3) is 0 Å². The molecule has 1 saturated heterocycles. The van der Waals surface area contributed by atoms with Gasteiger partial charge in [-0.25, -0.2) is 4.79 Å². The molecular weight excluding hydrogens is 272 g/mol. The molecule has 21 heavy (non-hydrogen) atoms. The first-order valence-corrected chi connectivity index (χ1v) is 6.82. The number of nitrogens with two attached hydrogens (primary N) is 1. The number of methoxy groups -OCH3 is 1. The van der Waals surface area contributed by atoms with E-state index in [1.165, 1.54) is 7.11 Å². The molecule has 114 valence electrons. The van der Waals surface area contributed by atoms with Gasteiger partial charge in [0.15, 0.2) is 0 Å². The maximum absolute atomic E-state index is 11.8. The number of ether oxygens (including phenoxy) is 1. The van der Waals surface area contributed by atoms with Crippen molar-refractivity contribution in [3.8, 4) is 0 Å². The average Bonchev–Trinajstić information content (AvgIpc) is 2.92. The van der Waals surface area contributed by atoms with Gasteiger partial charge in [0, 0.05) is 38.1 Å². The summed E-state index contributed by atoms with van der Waals surface area (Å²) in [5.41, 5.74) is 6.96. The van der Waals surface area contributed by atoms with Gasteiger partial charge in [-0.2, -0.15) is 0 Å². The van der Waals surface area contributed by atoms with Gasteiger partial charge in [-0.3, -0.25) is 9.69 Å².